The molecule has 0 aromatic heterocycles. The van der Waals surface area contributed by atoms with Gasteiger partial charge in [0.15, 0.2) is 11.5 Å². The van der Waals surface area contributed by atoms with E-state index in [0.717, 1.165) is 5.56 Å². The minimum Gasteiger partial charge on any atom is -0.504 e. The zero-order chi connectivity index (χ0) is 12.4. The van der Waals surface area contributed by atoms with Gasteiger partial charge >= 0.3 is 0 Å². The highest BCUT2D eigenvalue weighted by molar-refractivity contribution is 8.23. The molecule has 1 N–H and O–H groups in total. The second kappa shape index (κ2) is 4.93. The van der Waals surface area contributed by atoms with E-state index in [-0.39, 0.29) is 11.7 Å². The van der Waals surface area contributed by atoms with Gasteiger partial charge in [-0.3, -0.25) is 9.69 Å². The summed E-state index contributed by atoms with van der Waals surface area (Å²) in [5.41, 5.74) is 0.873. The molecule has 1 saturated heterocycles. The number of benzene rings is 1. The fraction of sp³-hybridized carbons (Fsp3) is 0.273. The second-order valence-electron chi connectivity index (χ2n) is 3.54. The number of carbonyl (C=O) groups excluding carboxylic acids is 1. The van der Waals surface area contributed by atoms with Crippen LogP contribution in [0.3, 0.4) is 0 Å². The lowest BCUT2D eigenvalue weighted by atomic mass is 10.2. The maximum absolute atomic E-state index is 11.5. The van der Waals surface area contributed by atoms with Crippen LogP contribution in [-0.4, -0.2) is 33.1 Å². The van der Waals surface area contributed by atoms with Crippen molar-refractivity contribution in [2.24, 2.45) is 0 Å². The van der Waals surface area contributed by atoms with Crippen molar-refractivity contribution < 1.29 is 14.6 Å². The van der Waals surface area contributed by atoms with Crippen molar-refractivity contribution in [1.29, 1.82) is 0 Å². The second-order valence-corrected chi connectivity index (χ2v) is 5.15. The third-order valence-electron chi connectivity index (χ3n) is 2.43. The summed E-state index contributed by atoms with van der Waals surface area (Å²) in [4.78, 5) is 13.1. The van der Waals surface area contributed by atoms with Crippen LogP contribution in [0.1, 0.15) is 5.56 Å². The first-order valence-corrected chi connectivity index (χ1v) is 6.34. The number of carbonyl (C=O) groups is 1. The van der Waals surface area contributed by atoms with Gasteiger partial charge in [0.1, 0.15) is 4.32 Å². The zero-order valence-electron chi connectivity index (χ0n) is 9.17. The Labute approximate surface area is 109 Å². The molecule has 17 heavy (non-hydrogen) atoms. The van der Waals surface area contributed by atoms with E-state index < -0.39 is 0 Å². The molecule has 0 bridgehead atoms. The fourth-order valence-electron chi connectivity index (χ4n) is 1.54. The zero-order valence-corrected chi connectivity index (χ0v) is 10.8. The predicted molar refractivity (Wildman–Crippen MR) is 70.3 cm³/mol. The summed E-state index contributed by atoms with van der Waals surface area (Å²) in [6, 6.07) is 5.00. The first kappa shape index (κ1) is 12.2. The lowest BCUT2D eigenvalue weighted by Crippen LogP contribution is -2.27. The molecule has 90 valence electrons. The number of hydrogen-bond acceptors (Lipinski definition) is 5. The third-order valence-corrected chi connectivity index (χ3v) is 3.86. The molecule has 1 fully saturated rings. The molecule has 0 unspecified atom stereocenters. The molecular weight excluding hydrogens is 258 g/mol. The molecular formula is C11H11NO3S2. The minimum atomic E-state index is 0.0204. The van der Waals surface area contributed by atoms with E-state index in [4.69, 9.17) is 17.0 Å². The topological polar surface area (TPSA) is 49.8 Å². The molecule has 0 spiro atoms. The van der Waals surface area contributed by atoms with Gasteiger partial charge in [-0.1, -0.05) is 30.0 Å². The summed E-state index contributed by atoms with van der Waals surface area (Å²) < 4.78 is 5.61. The van der Waals surface area contributed by atoms with E-state index in [1.165, 1.54) is 18.9 Å². The maximum Gasteiger partial charge on any atom is 0.238 e. The Morgan fingerprint density at radius 1 is 1.59 bits per heavy atom. The Morgan fingerprint density at radius 3 is 2.94 bits per heavy atom. The Bertz CT molecular complexity index is 460. The van der Waals surface area contributed by atoms with Crippen molar-refractivity contribution in [3.05, 3.63) is 23.8 Å². The molecule has 6 heteroatoms. The molecule has 0 radical (unpaired) electrons. The number of amides is 1. The van der Waals surface area contributed by atoms with E-state index >= 15 is 0 Å². The Balaban J connectivity index is 2.18. The molecule has 2 rings (SSSR count). The fourth-order valence-corrected chi connectivity index (χ4v) is 2.60. The van der Waals surface area contributed by atoms with Crippen LogP contribution in [0.25, 0.3) is 0 Å². The highest BCUT2D eigenvalue weighted by Gasteiger charge is 2.26. The van der Waals surface area contributed by atoms with Crippen molar-refractivity contribution in [2.75, 3.05) is 12.9 Å². The first-order chi connectivity index (χ1) is 8.11. The number of aromatic hydroxyl groups is 1. The minimum absolute atomic E-state index is 0.0204. The van der Waals surface area contributed by atoms with Crippen molar-refractivity contribution >= 4 is 34.2 Å². The smallest absolute Gasteiger partial charge is 0.238 e. The van der Waals surface area contributed by atoms with Crippen LogP contribution < -0.4 is 4.74 Å². The molecule has 0 atom stereocenters. The highest BCUT2D eigenvalue weighted by Crippen LogP contribution is 2.28. The summed E-state index contributed by atoms with van der Waals surface area (Å²) in [6.07, 6.45) is 0. The number of rotatable bonds is 3. The van der Waals surface area contributed by atoms with Crippen LogP contribution >= 0.6 is 24.0 Å². The van der Waals surface area contributed by atoms with Crippen LogP contribution in [-0.2, 0) is 11.3 Å². The molecule has 1 aliphatic rings. The van der Waals surface area contributed by atoms with E-state index in [0.29, 0.717) is 22.4 Å². The normalized spacial score (nSPS) is 15.5. The van der Waals surface area contributed by atoms with Crippen LogP contribution in [0.4, 0.5) is 0 Å². The average molecular weight is 269 g/mol. The number of phenols is 1. The van der Waals surface area contributed by atoms with Crippen LogP contribution in [0.5, 0.6) is 11.5 Å². The van der Waals surface area contributed by atoms with Crippen molar-refractivity contribution in [1.82, 2.24) is 4.90 Å². The molecule has 1 aromatic carbocycles. The van der Waals surface area contributed by atoms with Gasteiger partial charge in [-0.15, -0.1) is 0 Å². The number of phenolic OH excluding ortho intramolecular Hbond substituents is 1. The Hall–Kier alpha value is -1.27. The number of ether oxygens (including phenoxy) is 1. The number of methoxy groups -OCH3 is 1. The van der Waals surface area contributed by atoms with E-state index in [2.05, 4.69) is 0 Å². The highest BCUT2D eigenvalue weighted by atomic mass is 32.2. The Kier molecular flexibility index (Phi) is 3.54. The standard InChI is InChI=1S/C11H11NO3S2/c1-15-9-4-7(2-3-8(9)13)5-12-10(14)6-17-11(12)16/h2-4,13H,5-6H2,1H3. The summed E-state index contributed by atoms with van der Waals surface area (Å²) in [6.45, 7) is 0.418. The Morgan fingerprint density at radius 2 is 2.35 bits per heavy atom. The van der Waals surface area contributed by atoms with Gasteiger partial charge < -0.3 is 9.84 Å². The summed E-state index contributed by atoms with van der Waals surface area (Å²) in [7, 11) is 1.49. The van der Waals surface area contributed by atoms with Gasteiger partial charge in [-0.25, -0.2) is 0 Å². The third kappa shape index (κ3) is 2.53. The summed E-state index contributed by atoms with van der Waals surface area (Å²) in [5.74, 6) is 0.911. The summed E-state index contributed by atoms with van der Waals surface area (Å²) in [5, 5.41) is 9.46. The largest absolute Gasteiger partial charge is 0.504 e. The number of nitrogens with zero attached hydrogens (tertiary/aromatic N) is 1. The van der Waals surface area contributed by atoms with Crippen LogP contribution in [0.2, 0.25) is 0 Å². The van der Waals surface area contributed by atoms with Crippen LogP contribution in [0.15, 0.2) is 18.2 Å². The quantitative estimate of drug-likeness (QED) is 0.847. The lowest BCUT2D eigenvalue weighted by molar-refractivity contribution is -0.124. The van der Waals surface area contributed by atoms with Crippen molar-refractivity contribution in [2.45, 2.75) is 6.54 Å². The first-order valence-electron chi connectivity index (χ1n) is 4.95. The van der Waals surface area contributed by atoms with E-state index in [1.807, 2.05) is 0 Å². The van der Waals surface area contributed by atoms with Gasteiger partial charge in [0.05, 0.1) is 19.4 Å². The molecule has 0 aliphatic carbocycles. The average Bonchev–Trinajstić information content (AvgIpc) is 2.63. The molecule has 1 heterocycles. The van der Waals surface area contributed by atoms with Gasteiger partial charge in [-0.2, -0.15) is 0 Å². The molecule has 1 amide bonds. The van der Waals surface area contributed by atoms with Crippen LogP contribution in [0, 0.1) is 0 Å². The van der Waals surface area contributed by atoms with Gasteiger partial charge in [-0.05, 0) is 17.7 Å². The lowest BCUT2D eigenvalue weighted by Gasteiger charge is -2.15. The summed E-state index contributed by atoms with van der Waals surface area (Å²) >= 11 is 6.46. The van der Waals surface area contributed by atoms with Gasteiger partial charge in [0, 0.05) is 0 Å². The van der Waals surface area contributed by atoms with Crippen molar-refractivity contribution in [3.8, 4) is 11.5 Å². The monoisotopic (exact) mass is 269 g/mol. The van der Waals surface area contributed by atoms with E-state index in [9.17, 15) is 9.90 Å². The molecule has 0 saturated carbocycles. The van der Waals surface area contributed by atoms with E-state index in [1.54, 1.807) is 23.1 Å². The predicted octanol–water partition coefficient (Wildman–Crippen LogP) is 1.76. The number of thiocarbonyl (C=S) groups is 1. The number of hydrogen-bond donors (Lipinski definition) is 1. The SMILES string of the molecule is COc1cc(CN2C(=O)CSC2=S)ccc1O. The molecule has 1 aliphatic heterocycles. The maximum atomic E-state index is 11.5. The molecule has 1 aromatic rings. The van der Waals surface area contributed by atoms with Gasteiger partial charge in [0.25, 0.3) is 0 Å². The molecule has 4 nitrogen and oxygen atoms in total. The number of thioether (sulfide) groups is 1. The van der Waals surface area contributed by atoms with Crippen molar-refractivity contribution in [3.63, 3.8) is 0 Å². The van der Waals surface area contributed by atoms with Gasteiger partial charge in [0.2, 0.25) is 5.91 Å².